The monoisotopic (exact) mass is 356 g/mol. The molecule has 0 amide bonds. The van der Waals surface area contributed by atoms with Crippen LogP contribution in [0.4, 0.5) is 14.5 Å². The maximum atomic E-state index is 14.5. The number of hydrogen-bond donors (Lipinski definition) is 2. The molecule has 2 aliphatic rings. The fourth-order valence-corrected chi connectivity index (χ4v) is 3.28. The van der Waals surface area contributed by atoms with Gasteiger partial charge in [-0.2, -0.15) is 0 Å². The van der Waals surface area contributed by atoms with Crippen molar-refractivity contribution in [2.24, 2.45) is 4.99 Å². The molecule has 5 nitrogen and oxygen atoms in total. The third kappa shape index (κ3) is 2.76. The van der Waals surface area contributed by atoms with E-state index in [-0.39, 0.29) is 17.2 Å². The van der Waals surface area contributed by atoms with Gasteiger partial charge in [0, 0.05) is 18.6 Å². The van der Waals surface area contributed by atoms with E-state index in [1.807, 2.05) is 0 Å². The molecular weight excluding hydrogens is 340 g/mol. The predicted molar refractivity (Wildman–Crippen MR) is 90.7 cm³/mol. The highest BCUT2D eigenvalue weighted by atomic mass is 19.1. The van der Waals surface area contributed by atoms with E-state index in [0.717, 1.165) is 10.6 Å². The van der Waals surface area contributed by atoms with Crippen LogP contribution in [0.5, 0.6) is 0 Å². The molecule has 1 atom stereocenters. The van der Waals surface area contributed by atoms with Gasteiger partial charge in [-0.05, 0) is 24.3 Å². The molecule has 2 N–H and O–H groups in total. The summed E-state index contributed by atoms with van der Waals surface area (Å²) in [7, 11) is 0. The Morgan fingerprint density at radius 3 is 2.77 bits per heavy atom. The second-order valence-electron chi connectivity index (χ2n) is 6.06. The van der Waals surface area contributed by atoms with Gasteiger partial charge in [0.05, 0.1) is 17.8 Å². The first-order valence-corrected chi connectivity index (χ1v) is 8.21. The van der Waals surface area contributed by atoms with Crippen molar-refractivity contribution >= 4 is 17.4 Å². The van der Waals surface area contributed by atoms with Crippen LogP contribution < -0.4 is 10.2 Å². The summed E-state index contributed by atoms with van der Waals surface area (Å²) in [5, 5.41) is 3.17. The van der Waals surface area contributed by atoms with Crippen molar-refractivity contribution in [2.75, 3.05) is 13.1 Å². The topological polar surface area (TPSA) is 55.1 Å². The van der Waals surface area contributed by atoms with Crippen molar-refractivity contribution in [1.29, 1.82) is 0 Å². The molecule has 0 radical (unpaired) electrons. The fraction of sp³-hybridized carbons (Fsp3) is 0.158. The molecule has 0 aliphatic carbocycles. The number of nitrogens with one attached hydrogen (secondary N) is 2. The van der Waals surface area contributed by atoms with E-state index in [1.54, 1.807) is 24.3 Å². The number of fused-ring (bicyclic) bond motifs is 3. The van der Waals surface area contributed by atoms with Crippen LogP contribution in [0.2, 0.25) is 0 Å². The Hall–Kier alpha value is -3.06. The van der Waals surface area contributed by atoms with Crippen molar-refractivity contribution in [1.82, 2.24) is 5.32 Å². The molecule has 7 heteroatoms. The standard InChI is InChI=1S/C19H15F2N3O2/c1-11(25)26-19-18-22-8-9-24(18)16-7-6-12(20)10-14(16)17(23-19)13-4-2-3-5-15(13)21/h2-7,10,22H,8-9H2,1H3/p+1. The van der Waals surface area contributed by atoms with Crippen molar-refractivity contribution in [3.63, 3.8) is 0 Å². The summed E-state index contributed by atoms with van der Waals surface area (Å²) in [5.41, 5.74) is 1.65. The van der Waals surface area contributed by atoms with Gasteiger partial charge in [0.1, 0.15) is 23.9 Å². The lowest BCUT2D eigenvalue weighted by atomic mass is 9.99. The first-order valence-electron chi connectivity index (χ1n) is 8.21. The summed E-state index contributed by atoms with van der Waals surface area (Å²) in [6.07, 6.45) is 0. The molecule has 1 unspecified atom stereocenters. The highest BCUT2D eigenvalue weighted by Crippen LogP contribution is 2.26. The zero-order valence-electron chi connectivity index (χ0n) is 14.0. The first-order chi connectivity index (χ1) is 12.5. The number of carbonyl (C=O) groups is 1. The van der Waals surface area contributed by atoms with Crippen molar-refractivity contribution in [3.05, 3.63) is 76.9 Å². The van der Waals surface area contributed by atoms with Gasteiger partial charge in [0.25, 0.3) is 5.82 Å². The van der Waals surface area contributed by atoms with E-state index in [2.05, 4.69) is 10.3 Å². The van der Waals surface area contributed by atoms with E-state index in [9.17, 15) is 13.6 Å². The summed E-state index contributed by atoms with van der Waals surface area (Å²) in [4.78, 5) is 16.9. The summed E-state index contributed by atoms with van der Waals surface area (Å²) >= 11 is 0. The molecule has 0 spiro atoms. The van der Waals surface area contributed by atoms with Gasteiger partial charge < -0.3 is 10.1 Å². The Balaban J connectivity index is 2.01. The average Bonchev–Trinajstić information content (AvgIpc) is 3.04. The van der Waals surface area contributed by atoms with Crippen LogP contribution in [0.25, 0.3) is 0 Å². The second-order valence-corrected chi connectivity index (χ2v) is 6.06. The summed E-state index contributed by atoms with van der Waals surface area (Å²) in [6.45, 7) is 2.59. The first kappa shape index (κ1) is 16.4. The van der Waals surface area contributed by atoms with Gasteiger partial charge in [-0.3, -0.25) is 4.79 Å². The molecule has 2 aliphatic heterocycles. The normalized spacial score (nSPS) is 18.4. The SMILES string of the molecule is CC(=O)OC1=C2NCC[NH+]2c2ccc(F)cc2C(c2ccccc2F)=N1. The number of ether oxygens (including phenoxy) is 1. The minimum absolute atomic E-state index is 0.0693. The lowest BCUT2D eigenvalue weighted by Gasteiger charge is -2.14. The number of benzene rings is 2. The quantitative estimate of drug-likeness (QED) is 0.805. The highest BCUT2D eigenvalue weighted by Gasteiger charge is 2.36. The zero-order chi connectivity index (χ0) is 18.3. The van der Waals surface area contributed by atoms with E-state index in [0.29, 0.717) is 24.5 Å². The lowest BCUT2D eigenvalue weighted by molar-refractivity contribution is -0.780. The van der Waals surface area contributed by atoms with Crippen molar-refractivity contribution in [2.45, 2.75) is 6.92 Å². The highest BCUT2D eigenvalue weighted by molar-refractivity contribution is 6.16. The predicted octanol–water partition coefficient (Wildman–Crippen LogP) is 1.63. The van der Waals surface area contributed by atoms with E-state index < -0.39 is 17.6 Å². The van der Waals surface area contributed by atoms with E-state index >= 15 is 0 Å². The Morgan fingerprint density at radius 2 is 2.00 bits per heavy atom. The number of quaternary nitrogens is 1. The lowest BCUT2D eigenvalue weighted by Crippen LogP contribution is -3.04. The van der Waals surface area contributed by atoms with Crippen LogP contribution in [-0.4, -0.2) is 24.8 Å². The Labute approximate surface area is 148 Å². The molecule has 0 bridgehead atoms. The maximum absolute atomic E-state index is 14.5. The fourth-order valence-electron chi connectivity index (χ4n) is 3.28. The summed E-state index contributed by atoms with van der Waals surface area (Å²) in [6, 6.07) is 10.5. The second kappa shape index (κ2) is 6.34. The summed E-state index contributed by atoms with van der Waals surface area (Å²) < 4.78 is 33.7. The molecule has 0 aromatic heterocycles. The molecule has 132 valence electrons. The Morgan fingerprint density at radius 1 is 1.19 bits per heavy atom. The van der Waals surface area contributed by atoms with Gasteiger partial charge in [-0.1, -0.05) is 12.1 Å². The van der Waals surface area contributed by atoms with E-state index in [1.165, 1.54) is 25.1 Å². The van der Waals surface area contributed by atoms with Gasteiger partial charge in [0.15, 0.2) is 0 Å². The molecular formula is C19H16F2N3O2+. The smallest absolute Gasteiger partial charge is 0.309 e. The van der Waals surface area contributed by atoms with Gasteiger partial charge in [-0.15, -0.1) is 0 Å². The van der Waals surface area contributed by atoms with Crippen LogP contribution >= 0.6 is 0 Å². The molecule has 0 saturated carbocycles. The molecule has 2 aromatic rings. The van der Waals surface area contributed by atoms with Crippen molar-refractivity contribution < 1.29 is 23.2 Å². The van der Waals surface area contributed by atoms with Crippen LogP contribution in [0.1, 0.15) is 18.1 Å². The van der Waals surface area contributed by atoms with Gasteiger partial charge in [-0.25, -0.2) is 18.7 Å². The number of carbonyl (C=O) groups excluding carboxylic acids is 1. The third-order valence-corrected chi connectivity index (χ3v) is 4.34. The number of halogens is 2. The average molecular weight is 356 g/mol. The number of aliphatic imine (C=N–C) groups is 1. The maximum Gasteiger partial charge on any atom is 0.309 e. The minimum Gasteiger partial charge on any atom is -0.400 e. The van der Waals surface area contributed by atoms with Crippen LogP contribution in [0, 0.1) is 11.6 Å². The van der Waals surface area contributed by atoms with Gasteiger partial charge in [0.2, 0.25) is 0 Å². The van der Waals surface area contributed by atoms with Crippen LogP contribution in [0.3, 0.4) is 0 Å². The largest absolute Gasteiger partial charge is 0.400 e. The van der Waals surface area contributed by atoms with Crippen molar-refractivity contribution in [3.8, 4) is 0 Å². The Bertz CT molecular complexity index is 969. The Kier molecular flexibility index (Phi) is 4.00. The zero-order valence-corrected chi connectivity index (χ0v) is 14.0. The third-order valence-electron chi connectivity index (χ3n) is 4.34. The molecule has 2 aromatic carbocycles. The molecule has 4 rings (SSSR count). The molecule has 2 heterocycles. The van der Waals surface area contributed by atoms with Crippen LogP contribution in [0.15, 0.2) is 59.2 Å². The number of hydrogen-bond acceptors (Lipinski definition) is 4. The van der Waals surface area contributed by atoms with Crippen LogP contribution in [-0.2, 0) is 9.53 Å². The number of esters is 1. The molecule has 26 heavy (non-hydrogen) atoms. The molecule has 1 saturated heterocycles. The van der Waals surface area contributed by atoms with E-state index in [4.69, 9.17) is 4.74 Å². The van der Waals surface area contributed by atoms with Gasteiger partial charge >= 0.3 is 11.9 Å². The molecule has 1 fully saturated rings. The number of rotatable bonds is 2. The number of nitrogens with zero attached hydrogens (tertiary/aromatic N) is 1. The summed E-state index contributed by atoms with van der Waals surface area (Å²) in [5.74, 6) is -0.816. The minimum atomic E-state index is -0.533.